The van der Waals surface area contributed by atoms with E-state index in [1.54, 1.807) is 0 Å². The zero-order valence-corrected chi connectivity index (χ0v) is 9.91. The predicted molar refractivity (Wildman–Crippen MR) is 58.1 cm³/mol. The Labute approximate surface area is 92.8 Å². The van der Waals surface area contributed by atoms with Crippen LogP contribution in [0.2, 0.25) is 0 Å². The van der Waals surface area contributed by atoms with Gasteiger partial charge in [0, 0.05) is 6.61 Å². The van der Waals surface area contributed by atoms with E-state index in [0.717, 1.165) is 18.8 Å². The maximum atomic E-state index is 10.8. The van der Waals surface area contributed by atoms with Crippen LogP contribution >= 0.6 is 0 Å². The minimum Gasteiger partial charge on any atom is -0.350 e. The third-order valence-corrected chi connectivity index (χ3v) is 3.20. The third kappa shape index (κ3) is 4.49. The molecule has 1 rings (SSSR count). The summed E-state index contributed by atoms with van der Waals surface area (Å²) < 4.78 is 10.9. The second-order valence-electron chi connectivity index (χ2n) is 4.24. The average molecular weight is 215 g/mol. The second kappa shape index (κ2) is 7.20. The Morgan fingerprint density at radius 2 is 1.87 bits per heavy atom. The molecule has 1 fully saturated rings. The van der Waals surface area contributed by atoms with Gasteiger partial charge in [0.25, 0.3) is 0 Å². The normalized spacial score (nSPS) is 29.0. The Kier molecular flexibility index (Phi) is 6.22. The van der Waals surface area contributed by atoms with Crippen LogP contribution in [0.1, 0.15) is 46.0 Å². The molecule has 1 unspecified atom stereocenters. The van der Waals surface area contributed by atoms with Gasteiger partial charge in [0.05, 0.1) is 6.10 Å². The lowest BCUT2D eigenvalue weighted by Crippen LogP contribution is -2.30. The topological polar surface area (TPSA) is 38.4 Å². The third-order valence-electron chi connectivity index (χ3n) is 3.20. The molecular formula is C12H23O3. The van der Waals surface area contributed by atoms with E-state index in [4.69, 9.17) is 9.47 Å². The van der Waals surface area contributed by atoms with Gasteiger partial charge in [0.1, 0.15) is 6.61 Å². The Bertz CT molecular complexity index is 153. The van der Waals surface area contributed by atoms with Crippen molar-refractivity contribution in [3.05, 3.63) is 0 Å². The number of hydrogen-bond donors (Lipinski definition) is 0. The van der Waals surface area contributed by atoms with Crippen molar-refractivity contribution in [3.63, 3.8) is 0 Å². The molecular weight excluding hydrogens is 192 g/mol. The van der Waals surface area contributed by atoms with Crippen molar-refractivity contribution < 1.29 is 14.6 Å². The van der Waals surface area contributed by atoms with Gasteiger partial charge < -0.3 is 9.47 Å². The fourth-order valence-electron chi connectivity index (χ4n) is 2.20. The smallest absolute Gasteiger partial charge is 0.184 e. The number of rotatable bonds is 6. The average Bonchev–Trinajstić information content (AvgIpc) is 2.29. The summed E-state index contributed by atoms with van der Waals surface area (Å²) in [7, 11) is 0. The Hall–Kier alpha value is -0.120. The van der Waals surface area contributed by atoms with E-state index in [0.29, 0.717) is 6.61 Å². The number of hydrogen-bond acceptors (Lipinski definition) is 2. The van der Waals surface area contributed by atoms with E-state index in [1.807, 2.05) is 6.92 Å². The van der Waals surface area contributed by atoms with Crippen LogP contribution in [0.4, 0.5) is 0 Å². The minimum absolute atomic E-state index is 0.248. The van der Waals surface area contributed by atoms with E-state index in [1.165, 1.54) is 19.3 Å². The fraction of sp³-hybridized carbons (Fsp3) is 1.00. The summed E-state index contributed by atoms with van der Waals surface area (Å²) in [6.45, 7) is 4.39. The molecule has 0 amide bonds. The summed E-state index contributed by atoms with van der Waals surface area (Å²) in [5.74, 6) is 0.864. The number of ether oxygens (including phenoxy) is 2. The molecule has 0 aromatic rings. The van der Waals surface area contributed by atoms with Gasteiger partial charge in [-0.05, 0) is 38.5 Å². The molecule has 1 aliphatic rings. The molecule has 1 radical (unpaired) electrons. The van der Waals surface area contributed by atoms with Gasteiger partial charge in [-0.1, -0.05) is 13.3 Å². The highest BCUT2D eigenvalue weighted by atomic mass is 16.7. The highest BCUT2D eigenvalue weighted by molar-refractivity contribution is 4.72. The zero-order valence-electron chi connectivity index (χ0n) is 9.91. The van der Waals surface area contributed by atoms with Crippen LogP contribution < -0.4 is 0 Å². The molecule has 0 N–H and O–H groups in total. The van der Waals surface area contributed by atoms with Crippen molar-refractivity contribution in [2.45, 2.75) is 58.3 Å². The van der Waals surface area contributed by atoms with Crippen molar-refractivity contribution in [3.8, 4) is 0 Å². The molecule has 1 saturated carbocycles. The molecule has 0 heterocycles. The predicted octanol–water partition coefficient (Wildman–Crippen LogP) is 2.76. The van der Waals surface area contributed by atoms with Crippen molar-refractivity contribution in [1.29, 1.82) is 0 Å². The van der Waals surface area contributed by atoms with E-state index in [9.17, 15) is 5.11 Å². The first-order chi connectivity index (χ1) is 7.30. The van der Waals surface area contributed by atoms with Gasteiger partial charge in [-0.2, -0.15) is 0 Å². The van der Waals surface area contributed by atoms with E-state index >= 15 is 0 Å². The molecule has 3 nitrogen and oxygen atoms in total. The summed E-state index contributed by atoms with van der Waals surface area (Å²) >= 11 is 0. The first kappa shape index (κ1) is 12.9. The molecule has 0 saturated heterocycles. The van der Waals surface area contributed by atoms with Crippen molar-refractivity contribution in [2.24, 2.45) is 5.92 Å². The van der Waals surface area contributed by atoms with Crippen LogP contribution in [-0.4, -0.2) is 25.6 Å². The molecule has 3 heteroatoms. The van der Waals surface area contributed by atoms with Crippen LogP contribution in [0.5, 0.6) is 0 Å². The Balaban J connectivity index is 2.21. The summed E-state index contributed by atoms with van der Waals surface area (Å²) in [5.41, 5.74) is 0. The van der Waals surface area contributed by atoms with Gasteiger partial charge in [-0.15, -0.1) is 0 Å². The van der Waals surface area contributed by atoms with Gasteiger partial charge in [-0.25, -0.2) is 5.11 Å². The highest BCUT2D eigenvalue weighted by Gasteiger charge is 2.23. The summed E-state index contributed by atoms with van der Waals surface area (Å²) in [5, 5.41) is 10.8. The molecule has 0 aliphatic heterocycles. The molecule has 0 aromatic carbocycles. The summed E-state index contributed by atoms with van der Waals surface area (Å²) in [6.07, 6.45) is 5.63. The van der Waals surface area contributed by atoms with Gasteiger partial charge in [-0.3, -0.25) is 0 Å². The van der Waals surface area contributed by atoms with Crippen molar-refractivity contribution in [2.75, 3.05) is 13.2 Å². The fourth-order valence-corrected chi connectivity index (χ4v) is 2.20. The van der Waals surface area contributed by atoms with Crippen molar-refractivity contribution >= 4 is 0 Å². The SMILES string of the molecule is CCOC(C[O])OC1CCC(CC)CC1. The first-order valence-electron chi connectivity index (χ1n) is 6.15. The lowest BCUT2D eigenvalue weighted by Gasteiger charge is -2.30. The highest BCUT2D eigenvalue weighted by Crippen LogP contribution is 2.28. The standard InChI is InChI=1S/C12H23O3/c1-3-10-5-7-11(8-6-10)15-12(9-13)14-4-2/h10-12H,3-9H2,1-2H3. The van der Waals surface area contributed by atoms with Gasteiger partial charge >= 0.3 is 0 Å². The van der Waals surface area contributed by atoms with Gasteiger partial charge in [0.15, 0.2) is 6.29 Å². The lowest BCUT2D eigenvalue weighted by atomic mass is 9.86. The minimum atomic E-state index is -0.529. The van der Waals surface area contributed by atoms with Crippen molar-refractivity contribution in [1.82, 2.24) is 0 Å². The van der Waals surface area contributed by atoms with Crippen LogP contribution in [0.15, 0.2) is 0 Å². The molecule has 89 valence electrons. The van der Waals surface area contributed by atoms with Crippen LogP contribution in [-0.2, 0) is 14.6 Å². The lowest BCUT2D eigenvalue weighted by molar-refractivity contribution is -0.200. The van der Waals surface area contributed by atoms with Gasteiger partial charge in [0.2, 0.25) is 0 Å². The Morgan fingerprint density at radius 1 is 1.20 bits per heavy atom. The summed E-state index contributed by atoms with van der Waals surface area (Å²) in [4.78, 5) is 0. The maximum Gasteiger partial charge on any atom is 0.184 e. The zero-order chi connectivity index (χ0) is 11.1. The monoisotopic (exact) mass is 215 g/mol. The first-order valence-corrected chi connectivity index (χ1v) is 6.15. The Morgan fingerprint density at radius 3 is 2.33 bits per heavy atom. The molecule has 0 aromatic heterocycles. The second-order valence-corrected chi connectivity index (χ2v) is 4.24. The molecule has 0 spiro atoms. The molecule has 15 heavy (non-hydrogen) atoms. The summed E-state index contributed by atoms with van der Waals surface area (Å²) in [6, 6.07) is 0. The van der Waals surface area contributed by atoms with E-state index < -0.39 is 6.29 Å². The largest absolute Gasteiger partial charge is 0.350 e. The molecule has 1 atom stereocenters. The maximum absolute atomic E-state index is 10.8. The van der Waals surface area contributed by atoms with E-state index in [2.05, 4.69) is 6.92 Å². The van der Waals surface area contributed by atoms with E-state index in [-0.39, 0.29) is 12.7 Å². The quantitative estimate of drug-likeness (QED) is 0.639. The van der Waals surface area contributed by atoms with Crippen LogP contribution in [0.3, 0.4) is 0 Å². The van der Waals surface area contributed by atoms with Crippen LogP contribution in [0, 0.1) is 5.92 Å². The molecule has 1 aliphatic carbocycles. The van der Waals surface area contributed by atoms with Crippen LogP contribution in [0.25, 0.3) is 0 Å². The molecule has 0 bridgehead atoms.